The number of ether oxygens (including phenoxy) is 1. The predicted octanol–water partition coefficient (Wildman–Crippen LogP) is 1.78. The van der Waals surface area contributed by atoms with Crippen LogP contribution < -0.4 is 4.74 Å². The summed E-state index contributed by atoms with van der Waals surface area (Å²) in [7, 11) is 1.64. The molecular formula is C15H22N2O2. The minimum absolute atomic E-state index is 0.106. The Kier molecular flexibility index (Phi) is 4.43. The second-order valence-electron chi connectivity index (χ2n) is 4.91. The Hall–Kier alpha value is -1.55. The molecule has 2 rings (SSSR count). The molecule has 0 aromatic heterocycles. The lowest BCUT2D eigenvalue weighted by atomic mass is 10.1. The summed E-state index contributed by atoms with van der Waals surface area (Å²) in [6, 6.07) is 5.66. The molecule has 104 valence electrons. The second-order valence-corrected chi connectivity index (χ2v) is 4.91. The highest BCUT2D eigenvalue weighted by molar-refractivity contribution is 5.94. The number of hydrogen-bond acceptors (Lipinski definition) is 3. The molecule has 0 N–H and O–H groups in total. The Morgan fingerprint density at radius 1 is 1.26 bits per heavy atom. The average molecular weight is 262 g/mol. The molecule has 19 heavy (non-hydrogen) atoms. The van der Waals surface area contributed by atoms with Crippen LogP contribution in [0.4, 0.5) is 0 Å². The van der Waals surface area contributed by atoms with E-state index in [9.17, 15) is 4.79 Å². The largest absolute Gasteiger partial charge is 0.496 e. The van der Waals surface area contributed by atoms with Crippen molar-refractivity contribution in [3.63, 3.8) is 0 Å². The molecule has 1 aliphatic heterocycles. The van der Waals surface area contributed by atoms with E-state index in [0.29, 0.717) is 5.56 Å². The van der Waals surface area contributed by atoms with Crippen LogP contribution in [0.5, 0.6) is 5.75 Å². The Balaban J connectivity index is 2.08. The van der Waals surface area contributed by atoms with Gasteiger partial charge in [0.2, 0.25) is 0 Å². The molecule has 0 spiro atoms. The summed E-state index contributed by atoms with van der Waals surface area (Å²) in [5.74, 6) is 0.882. The number of piperazine rings is 1. The summed E-state index contributed by atoms with van der Waals surface area (Å²) < 4.78 is 5.28. The number of rotatable bonds is 3. The molecule has 1 aromatic rings. The van der Waals surface area contributed by atoms with Crippen molar-refractivity contribution in [3.05, 3.63) is 29.3 Å². The zero-order valence-electron chi connectivity index (χ0n) is 12.0. The molecule has 0 bridgehead atoms. The second kappa shape index (κ2) is 6.06. The van der Waals surface area contributed by atoms with Crippen molar-refractivity contribution < 1.29 is 9.53 Å². The van der Waals surface area contributed by atoms with Gasteiger partial charge in [0.1, 0.15) is 5.75 Å². The van der Waals surface area contributed by atoms with E-state index in [1.165, 1.54) is 0 Å². The highest BCUT2D eigenvalue weighted by atomic mass is 16.5. The van der Waals surface area contributed by atoms with Gasteiger partial charge in [0.25, 0.3) is 5.91 Å². The van der Waals surface area contributed by atoms with Crippen LogP contribution in [-0.2, 0) is 0 Å². The van der Waals surface area contributed by atoms with E-state index in [2.05, 4.69) is 11.8 Å². The van der Waals surface area contributed by atoms with Crippen molar-refractivity contribution in [2.24, 2.45) is 0 Å². The molecule has 4 heteroatoms. The van der Waals surface area contributed by atoms with Gasteiger partial charge in [0.15, 0.2) is 0 Å². The van der Waals surface area contributed by atoms with Crippen molar-refractivity contribution >= 4 is 5.91 Å². The third-order valence-electron chi connectivity index (χ3n) is 3.76. The number of nitrogens with zero attached hydrogens (tertiary/aromatic N) is 2. The van der Waals surface area contributed by atoms with Crippen LogP contribution in [0.2, 0.25) is 0 Å². The van der Waals surface area contributed by atoms with E-state index in [1.54, 1.807) is 7.11 Å². The first-order chi connectivity index (χ1) is 9.15. The van der Waals surface area contributed by atoms with Crippen LogP contribution in [0, 0.1) is 6.92 Å². The fraction of sp³-hybridized carbons (Fsp3) is 0.533. The van der Waals surface area contributed by atoms with Gasteiger partial charge in [-0.1, -0.05) is 13.0 Å². The minimum Gasteiger partial charge on any atom is -0.496 e. The topological polar surface area (TPSA) is 32.8 Å². The van der Waals surface area contributed by atoms with Gasteiger partial charge in [0.05, 0.1) is 7.11 Å². The molecule has 0 saturated carbocycles. The van der Waals surface area contributed by atoms with Gasteiger partial charge in [-0.25, -0.2) is 0 Å². The fourth-order valence-corrected chi connectivity index (χ4v) is 2.40. The van der Waals surface area contributed by atoms with E-state index >= 15 is 0 Å². The van der Waals surface area contributed by atoms with Crippen LogP contribution in [0.25, 0.3) is 0 Å². The van der Waals surface area contributed by atoms with E-state index in [-0.39, 0.29) is 5.91 Å². The fourth-order valence-electron chi connectivity index (χ4n) is 2.40. The predicted molar refractivity (Wildman–Crippen MR) is 75.7 cm³/mol. The van der Waals surface area contributed by atoms with Gasteiger partial charge in [-0.3, -0.25) is 4.79 Å². The smallest absolute Gasteiger partial charge is 0.254 e. The molecule has 0 unspecified atom stereocenters. The molecule has 1 fully saturated rings. The number of benzene rings is 1. The average Bonchev–Trinajstić information content (AvgIpc) is 2.47. The van der Waals surface area contributed by atoms with Crippen LogP contribution >= 0.6 is 0 Å². The monoisotopic (exact) mass is 262 g/mol. The number of likely N-dealkylation sites (N-methyl/N-ethyl adjacent to an activating group) is 1. The summed E-state index contributed by atoms with van der Waals surface area (Å²) in [6.07, 6.45) is 0. The van der Waals surface area contributed by atoms with E-state index in [1.807, 2.05) is 30.0 Å². The molecule has 1 aromatic carbocycles. The van der Waals surface area contributed by atoms with Gasteiger partial charge < -0.3 is 14.5 Å². The zero-order chi connectivity index (χ0) is 13.8. The van der Waals surface area contributed by atoms with Gasteiger partial charge >= 0.3 is 0 Å². The van der Waals surface area contributed by atoms with E-state index < -0.39 is 0 Å². The van der Waals surface area contributed by atoms with Gasteiger partial charge in [-0.15, -0.1) is 0 Å². The lowest BCUT2D eigenvalue weighted by Crippen LogP contribution is -2.48. The molecule has 1 amide bonds. The quantitative estimate of drug-likeness (QED) is 0.832. The van der Waals surface area contributed by atoms with Crippen LogP contribution in [0.1, 0.15) is 22.8 Å². The van der Waals surface area contributed by atoms with Crippen molar-refractivity contribution in [2.75, 3.05) is 39.8 Å². The first-order valence-corrected chi connectivity index (χ1v) is 6.82. The molecule has 0 atom stereocenters. The maximum Gasteiger partial charge on any atom is 0.254 e. The summed E-state index contributed by atoms with van der Waals surface area (Å²) in [5.41, 5.74) is 1.77. The summed E-state index contributed by atoms with van der Waals surface area (Å²) in [6.45, 7) is 8.73. The Morgan fingerprint density at radius 2 is 1.95 bits per heavy atom. The number of carbonyl (C=O) groups is 1. The SMILES string of the molecule is CCN1CCN(C(=O)c2ccc(C)c(OC)c2)CC1. The first kappa shape index (κ1) is 13.9. The first-order valence-electron chi connectivity index (χ1n) is 6.82. The number of aryl methyl sites for hydroxylation is 1. The minimum atomic E-state index is 0.106. The summed E-state index contributed by atoms with van der Waals surface area (Å²) in [4.78, 5) is 16.7. The zero-order valence-corrected chi connectivity index (χ0v) is 12.0. The molecule has 0 aliphatic carbocycles. The molecule has 4 nitrogen and oxygen atoms in total. The summed E-state index contributed by atoms with van der Waals surface area (Å²) in [5, 5.41) is 0. The molecule has 1 aliphatic rings. The Labute approximate surface area is 115 Å². The summed E-state index contributed by atoms with van der Waals surface area (Å²) >= 11 is 0. The number of methoxy groups -OCH3 is 1. The third kappa shape index (κ3) is 3.07. The molecular weight excluding hydrogens is 240 g/mol. The number of amides is 1. The third-order valence-corrected chi connectivity index (χ3v) is 3.76. The Morgan fingerprint density at radius 3 is 2.53 bits per heavy atom. The standard InChI is InChI=1S/C15H22N2O2/c1-4-16-7-9-17(10-8-16)15(18)13-6-5-12(2)14(11-13)19-3/h5-6,11H,4,7-10H2,1-3H3. The molecule has 1 heterocycles. The van der Waals surface area contributed by atoms with E-state index in [4.69, 9.17) is 4.74 Å². The number of hydrogen-bond donors (Lipinski definition) is 0. The van der Waals surface area contributed by atoms with Crippen LogP contribution in [0.15, 0.2) is 18.2 Å². The van der Waals surface area contributed by atoms with Gasteiger partial charge in [-0.05, 0) is 31.2 Å². The lowest BCUT2D eigenvalue weighted by Gasteiger charge is -2.34. The van der Waals surface area contributed by atoms with Crippen molar-refractivity contribution in [1.29, 1.82) is 0 Å². The Bertz CT molecular complexity index is 451. The number of carbonyl (C=O) groups excluding carboxylic acids is 1. The maximum atomic E-state index is 12.4. The van der Waals surface area contributed by atoms with E-state index in [0.717, 1.165) is 44.0 Å². The lowest BCUT2D eigenvalue weighted by molar-refractivity contribution is 0.0643. The molecule has 1 saturated heterocycles. The highest BCUT2D eigenvalue weighted by Gasteiger charge is 2.21. The highest BCUT2D eigenvalue weighted by Crippen LogP contribution is 2.20. The molecule has 0 radical (unpaired) electrons. The van der Waals surface area contributed by atoms with Crippen molar-refractivity contribution in [2.45, 2.75) is 13.8 Å². The van der Waals surface area contributed by atoms with Gasteiger partial charge in [0, 0.05) is 31.7 Å². The normalized spacial score (nSPS) is 16.5. The van der Waals surface area contributed by atoms with Gasteiger partial charge in [-0.2, -0.15) is 0 Å². The van der Waals surface area contributed by atoms with Crippen molar-refractivity contribution in [1.82, 2.24) is 9.80 Å². The van der Waals surface area contributed by atoms with Crippen molar-refractivity contribution in [3.8, 4) is 5.75 Å². The van der Waals surface area contributed by atoms with Crippen LogP contribution in [0.3, 0.4) is 0 Å². The van der Waals surface area contributed by atoms with Crippen LogP contribution in [-0.4, -0.2) is 55.5 Å². The maximum absolute atomic E-state index is 12.4.